The Bertz CT molecular complexity index is 776. The maximum absolute atomic E-state index is 11.0. The predicted octanol–water partition coefficient (Wildman–Crippen LogP) is 3.87. The van der Waals surface area contributed by atoms with Crippen molar-refractivity contribution in [1.29, 1.82) is 0 Å². The first-order valence-electron chi connectivity index (χ1n) is 7.86. The molecular formula is C18H19N3O2. The van der Waals surface area contributed by atoms with E-state index in [1.807, 2.05) is 12.3 Å². The second-order valence-corrected chi connectivity index (χ2v) is 5.57. The molecule has 2 aliphatic rings. The third-order valence-corrected chi connectivity index (χ3v) is 3.96. The fourth-order valence-corrected chi connectivity index (χ4v) is 2.77. The highest BCUT2D eigenvalue weighted by molar-refractivity contribution is 6.16. The quantitative estimate of drug-likeness (QED) is 0.782. The number of allylic oxidation sites excluding steroid dienone is 4. The van der Waals surface area contributed by atoms with Crippen LogP contribution in [0.3, 0.4) is 0 Å². The maximum atomic E-state index is 11.0. The van der Waals surface area contributed by atoms with E-state index in [0.29, 0.717) is 5.69 Å². The van der Waals surface area contributed by atoms with Crippen molar-refractivity contribution in [3.05, 3.63) is 58.7 Å². The van der Waals surface area contributed by atoms with Crippen molar-refractivity contribution in [1.82, 2.24) is 4.98 Å². The summed E-state index contributed by atoms with van der Waals surface area (Å²) < 4.78 is 0. The molecule has 5 nitrogen and oxygen atoms in total. The molecule has 3 heterocycles. The number of aliphatic imine (C=N–C) groups is 2. The number of unbranched alkanes of at least 4 members (excludes halogenated alkanes) is 2. The lowest BCUT2D eigenvalue weighted by Crippen LogP contribution is -2.06. The average Bonchev–Trinajstić information content (AvgIpc) is 3.26. The van der Waals surface area contributed by atoms with Crippen molar-refractivity contribution in [3.63, 3.8) is 0 Å². The number of hydrogen-bond donors (Lipinski definition) is 2. The molecular weight excluding hydrogens is 290 g/mol. The van der Waals surface area contributed by atoms with Crippen molar-refractivity contribution in [3.8, 4) is 0 Å². The number of aromatic amines is 1. The van der Waals surface area contributed by atoms with Gasteiger partial charge in [0.2, 0.25) is 0 Å². The molecule has 0 saturated heterocycles. The van der Waals surface area contributed by atoms with Crippen LogP contribution >= 0.6 is 0 Å². The molecule has 23 heavy (non-hydrogen) atoms. The minimum absolute atomic E-state index is 0.160. The van der Waals surface area contributed by atoms with Crippen LogP contribution in [-0.2, 0) is 0 Å². The zero-order valence-corrected chi connectivity index (χ0v) is 13.0. The molecule has 1 aromatic heterocycles. The third-order valence-electron chi connectivity index (χ3n) is 3.96. The summed E-state index contributed by atoms with van der Waals surface area (Å²) in [5.74, 6) is -0.976. The number of aromatic nitrogens is 1. The van der Waals surface area contributed by atoms with Crippen LogP contribution in [0.4, 0.5) is 0 Å². The summed E-state index contributed by atoms with van der Waals surface area (Å²) in [5, 5.41) is 9.05. The summed E-state index contributed by atoms with van der Waals surface area (Å²) in [7, 11) is 0. The Labute approximate surface area is 134 Å². The van der Waals surface area contributed by atoms with Crippen molar-refractivity contribution in [2.75, 3.05) is 0 Å². The highest BCUT2D eigenvalue weighted by atomic mass is 16.4. The zero-order valence-electron chi connectivity index (χ0n) is 13.0. The van der Waals surface area contributed by atoms with E-state index >= 15 is 0 Å². The standard InChI is InChI=1S/C18H19N3O2/c1-2-3-4-5-12-8-10-19-16(12)13-9-11-20-17(13)14-6-7-15(21-14)18(22)23/h6-11,21H,2-5H2,1H3,(H,22,23). The van der Waals surface area contributed by atoms with Gasteiger partial charge in [0.25, 0.3) is 0 Å². The molecule has 0 aliphatic carbocycles. The highest BCUT2D eigenvalue weighted by Crippen LogP contribution is 2.30. The number of aromatic carboxylic acids is 1. The topological polar surface area (TPSA) is 77.8 Å². The van der Waals surface area contributed by atoms with Crippen LogP contribution < -0.4 is 0 Å². The molecule has 2 N–H and O–H groups in total. The number of H-pyrrole nitrogens is 1. The van der Waals surface area contributed by atoms with Gasteiger partial charge in [0, 0.05) is 18.0 Å². The normalized spacial score (nSPS) is 19.3. The molecule has 118 valence electrons. The molecule has 0 atom stereocenters. The molecule has 0 fully saturated rings. The fraction of sp³-hybridized carbons (Fsp3) is 0.278. The van der Waals surface area contributed by atoms with Crippen LogP contribution in [0.25, 0.3) is 0 Å². The SMILES string of the molecule is CCCCCC1=CC=NC1=C1C=CN=C1c1ccc(C(=O)O)[nH]1. The van der Waals surface area contributed by atoms with Crippen LogP contribution in [-0.4, -0.2) is 28.0 Å². The number of rotatable bonds is 6. The number of nitrogens with one attached hydrogen (secondary N) is 1. The molecule has 0 amide bonds. The maximum Gasteiger partial charge on any atom is 0.352 e. The smallest absolute Gasteiger partial charge is 0.352 e. The van der Waals surface area contributed by atoms with Gasteiger partial charge in [0.1, 0.15) is 5.69 Å². The van der Waals surface area contributed by atoms with Gasteiger partial charge in [-0.3, -0.25) is 9.98 Å². The Morgan fingerprint density at radius 1 is 1.30 bits per heavy atom. The number of carbonyl (C=O) groups is 1. The molecule has 3 rings (SSSR count). The number of carboxylic acids is 1. The van der Waals surface area contributed by atoms with Gasteiger partial charge >= 0.3 is 5.97 Å². The van der Waals surface area contributed by atoms with E-state index in [-0.39, 0.29) is 5.69 Å². The highest BCUT2D eigenvalue weighted by Gasteiger charge is 2.21. The largest absolute Gasteiger partial charge is 0.477 e. The first kappa shape index (κ1) is 15.2. The second-order valence-electron chi connectivity index (χ2n) is 5.57. The Balaban J connectivity index is 1.87. The van der Waals surface area contributed by atoms with Gasteiger partial charge in [0.15, 0.2) is 0 Å². The fourth-order valence-electron chi connectivity index (χ4n) is 2.77. The molecule has 0 saturated carbocycles. The monoisotopic (exact) mass is 309 g/mol. The zero-order chi connectivity index (χ0) is 16.2. The van der Waals surface area contributed by atoms with Crippen LogP contribution in [0.15, 0.2) is 57.3 Å². The second kappa shape index (κ2) is 6.60. The van der Waals surface area contributed by atoms with Gasteiger partial charge in [-0.05, 0) is 42.7 Å². The van der Waals surface area contributed by atoms with E-state index in [9.17, 15) is 4.79 Å². The van der Waals surface area contributed by atoms with E-state index in [1.165, 1.54) is 18.4 Å². The Morgan fingerprint density at radius 3 is 2.91 bits per heavy atom. The van der Waals surface area contributed by atoms with E-state index in [1.54, 1.807) is 18.3 Å². The molecule has 5 heteroatoms. The number of carboxylic acid groups (broad SMARTS) is 1. The van der Waals surface area contributed by atoms with E-state index < -0.39 is 5.97 Å². The van der Waals surface area contributed by atoms with Crippen molar-refractivity contribution in [2.45, 2.75) is 32.6 Å². The van der Waals surface area contributed by atoms with Crippen LogP contribution in [0.5, 0.6) is 0 Å². The first-order chi connectivity index (χ1) is 11.2. The van der Waals surface area contributed by atoms with Gasteiger partial charge in [0.05, 0.1) is 17.1 Å². The van der Waals surface area contributed by atoms with Crippen molar-refractivity contribution >= 4 is 17.9 Å². The molecule has 0 bridgehead atoms. The summed E-state index contributed by atoms with van der Waals surface area (Å²) in [6.07, 6.45) is 12.1. The van der Waals surface area contributed by atoms with Crippen LogP contribution in [0, 0.1) is 0 Å². The van der Waals surface area contributed by atoms with Gasteiger partial charge in [-0.15, -0.1) is 0 Å². The molecule has 1 aromatic rings. The Kier molecular flexibility index (Phi) is 4.37. The van der Waals surface area contributed by atoms with E-state index in [2.05, 4.69) is 28.0 Å². The van der Waals surface area contributed by atoms with Gasteiger partial charge in [-0.25, -0.2) is 4.79 Å². The van der Waals surface area contributed by atoms with Crippen LogP contribution in [0.2, 0.25) is 0 Å². The lowest BCUT2D eigenvalue weighted by Gasteiger charge is -2.08. The van der Waals surface area contributed by atoms with Crippen LogP contribution in [0.1, 0.15) is 48.8 Å². The third kappa shape index (κ3) is 3.08. The summed E-state index contributed by atoms with van der Waals surface area (Å²) >= 11 is 0. The summed E-state index contributed by atoms with van der Waals surface area (Å²) in [6, 6.07) is 3.30. The molecule has 0 radical (unpaired) electrons. The number of hydrogen-bond acceptors (Lipinski definition) is 3. The Morgan fingerprint density at radius 2 is 2.17 bits per heavy atom. The van der Waals surface area contributed by atoms with E-state index in [4.69, 9.17) is 5.11 Å². The first-order valence-corrected chi connectivity index (χ1v) is 7.86. The minimum atomic E-state index is -0.976. The molecule has 0 aromatic carbocycles. The molecule has 2 aliphatic heterocycles. The van der Waals surface area contributed by atoms with E-state index in [0.717, 1.165) is 29.8 Å². The molecule has 0 unspecified atom stereocenters. The predicted molar refractivity (Wildman–Crippen MR) is 91.2 cm³/mol. The number of nitrogens with zero attached hydrogens (tertiary/aromatic N) is 2. The average molecular weight is 309 g/mol. The van der Waals surface area contributed by atoms with Gasteiger partial charge in [-0.1, -0.05) is 19.8 Å². The summed E-state index contributed by atoms with van der Waals surface area (Å²) in [6.45, 7) is 2.19. The summed E-state index contributed by atoms with van der Waals surface area (Å²) in [4.78, 5) is 22.8. The minimum Gasteiger partial charge on any atom is -0.477 e. The molecule has 0 spiro atoms. The van der Waals surface area contributed by atoms with Crippen molar-refractivity contribution in [2.24, 2.45) is 9.98 Å². The Hall–Kier alpha value is -2.69. The summed E-state index contributed by atoms with van der Waals surface area (Å²) in [5.41, 5.74) is 4.71. The van der Waals surface area contributed by atoms with Gasteiger partial charge < -0.3 is 10.1 Å². The lowest BCUT2D eigenvalue weighted by atomic mass is 9.99. The van der Waals surface area contributed by atoms with Crippen molar-refractivity contribution < 1.29 is 9.90 Å². The van der Waals surface area contributed by atoms with Gasteiger partial charge in [-0.2, -0.15) is 0 Å². The lowest BCUT2D eigenvalue weighted by molar-refractivity contribution is 0.0691.